The molecule has 0 aliphatic heterocycles. The molecule has 1 rings (SSSR count). The first-order valence-corrected chi connectivity index (χ1v) is 5.14. The Bertz CT molecular complexity index is 272. The van der Waals surface area contributed by atoms with Crippen molar-refractivity contribution in [1.82, 2.24) is 0 Å². The van der Waals surface area contributed by atoms with E-state index in [0.717, 1.165) is 11.8 Å². The molecule has 0 aliphatic carbocycles. The summed E-state index contributed by atoms with van der Waals surface area (Å²) in [7, 11) is 0. The molecule has 0 saturated heterocycles. The first-order valence-electron chi connectivity index (χ1n) is 4.15. The number of carbonyl (C=O) groups excluding carboxylic acids is 1. The third-order valence-electron chi connectivity index (χ3n) is 1.63. The van der Waals surface area contributed by atoms with Gasteiger partial charge >= 0.3 is 0 Å². The van der Waals surface area contributed by atoms with Crippen LogP contribution < -0.4 is 0 Å². The van der Waals surface area contributed by atoms with E-state index in [9.17, 15) is 9.90 Å². The molecule has 0 heterocycles. The van der Waals surface area contributed by atoms with E-state index < -0.39 is 6.10 Å². The minimum Gasteiger partial charge on any atom is -0.380 e. The van der Waals surface area contributed by atoms with Crippen LogP contribution in [0.4, 0.5) is 0 Å². The van der Waals surface area contributed by atoms with E-state index in [1.54, 1.807) is 12.1 Å². The summed E-state index contributed by atoms with van der Waals surface area (Å²) >= 11 is 1.15. The van der Waals surface area contributed by atoms with Crippen molar-refractivity contribution in [2.45, 2.75) is 13.0 Å². The third kappa shape index (κ3) is 2.86. The van der Waals surface area contributed by atoms with E-state index in [2.05, 4.69) is 0 Å². The minimum atomic E-state index is -0.980. The molecule has 13 heavy (non-hydrogen) atoms. The zero-order chi connectivity index (χ0) is 9.68. The fraction of sp³-hybridized carbons (Fsp3) is 0.300. The first kappa shape index (κ1) is 10.3. The highest BCUT2D eigenvalue weighted by Gasteiger charge is 2.15. The van der Waals surface area contributed by atoms with Gasteiger partial charge in [0.15, 0.2) is 0 Å². The zero-order valence-electron chi connectivity index (χ0n) is 7.43. The number of hydrogen-bond acceptors (Lipinski definition) is 3. The molecular formula is C10H12O2S. The molecule has 0 aromatic heterocycles. The van der Waals surface area contributed by atoms with Crippen LogP contribution in [0, 0.1) is 0 Å². The smallest absolute Gasteiger partial charge is 0.221 e. The molecule has 0 radical (unpaired) electrons. The van der Waals surface area contributed by atoms with Crippen LogP contribution in [0.5, 0.6) is 0 Å². The molecule has 1 N–H and O–H groups in total. The maximum atomic E-state index is 11.3. The summed E-state index contributed by atoms with van der Waals surface area (Å²) < 4.78 is 0. The summed E-state index contributed by atoms with van der Waals surface area (Å²) in [5.41, 5.74) is 0.661. The Morgan fingerprint density at radius 1 is 1.46 bits per heavy atom. The molecule has 0 spiro atoms. The van der Waals surface area contributed by atoms with Crippen molar-refractivity contribution in [3.05, 3.63) is 35.9 Å². The average Bonchev–Trinajstić information content (AvgIpc) is 2.18. The van der Waals surface area contributed by atoms with Crippen LogP contribution in [0.1, 0.15) is 18.6 Å². The highest BCUT2D eigenvalue weighted by molar-refractivity contribution is 8.13. The van der Waals surface area contributed by atoms with Crippen LogP contribution in [-0.4, -0.2) is 16.0 Å². The van der Waals surface area contributed by atoms with E-state index in [4.69, 9.17) is 0 Å². The van der Waals surface area contributed by atoms with Crippen LogP contribution in [0.2, 0.25) is 0 Å². The maximum Gasteiger partial charge on any atom is 0.221 e. The summed E-state index contributed by atoms with van der Waals surface area (Å²) in [6.45, 7) is 1.89. The molecule has 1 aromatic rings. The second kappa shape index (κ2) is 5.04. The Hall–Kier alpha value is -0.800. The Balaban J connectivity index is 2.68. The van der Waals surface area contributed by atoms with Gasteiger partial charge in [0.1, 0.15) is 6.10 Å². The van der Waals surface area contributed by atoms with Gasteiger partial charge in [0.2, 0.25) is 5.12 Å². The second-order valence-corrected chi connectivity index (χ2v) is 3.83. The van der Waals surface area contributed by atoms with Crippen molar-refractivity contribution in [1.29, 1.82) is 0 Å². The van der Waals surface area contributed by atoms with E-state index in [1.165, 1.54) is 0 Å². The fourth-order valence-electron chi connectivity index (χ4n) is 0.993. The van der Waals surface area contributed by atoms with Crippen molar-refractivity contribution < 1.29 is 9.90 Å². The van der Waals surface area contributed by atoms with Crippen LogP contribution in [0.3, 0.4) is 0 Å². The molecule has 2 nitrogen and oxygen atoms in total. The highest BCUT2D eigenvalue weighted by Crippen LogP contribution is 2.19. The molecule has 0 saturated carbocycles. The van der Waals surface area contributed by atoms with Gasteiger partial charge in [0, 0.05) is 0 Å². The van der Waals surface area contributed by atoms with Crippen molar-refractivity contribution in [2.75, 3.05) is 5.75 Å². The second-order valence-electron chi connectivity index (χ2n) is 2.57. The van der Waals surface area contributed by atoms with Gasteiger partial charge in [-0.1, -0.05) is 49.0 Å². The zero-order valence-corrected chi connectivity index (χ0v) is 8.25. The highest BCUT2D eigenvalue weighted by atomic mass is 32.2. The van der Waals surface area contributed by atoms with Gasteiger partial charge in [-0.25, -0.2) is 0 Å². The number of carbonyl (C=O) groups is 1. The number of rotatable bonds is 3. The molecule has 70 valence electrons. The van der Waals surface area contributed by atoms with Gasteiger partial charge in [0.05, 0.1) is 0 Å². The molecule has 0 aliphatic rings. The topological polar surface area (TPSA) is 37.3 Å². The number of thioether (sulfide) groups is 1. The lowest BCUT2D eigenvalue weighted by molar-refractivity contribution is -0.118. The lowest BCUT2D eigenvalue weighted by Gasteiger charge is -2.07. The predicted octanol–water partition coefficient (Wildman–Crippen LogP) is 2.00. The van der Waals surface area contributed by atoms with Crippen molar-refractivity contribution in [3.63, 3.8) is 0 Å². The monoisotopic (exact) mass is 196 g/mol. The normalized spacial score (nSPS) is 12.5. The lowest BCUT2D eigenvalue weighted by atomic mass is 10.1. The SMILES string of the molecule is CCSC(=O)[C@H](O)c1ccccc1. The summed E-state index contributed by atoms with van der Waals surface area (Å²) in [5, 5.41) is 9.36. The third-order valence-corrected chi connectivity index (χ3v) is 2.42. The van der Waals surface area contributed by atoms with Crippen molar-refractivity contribution in [2.24, 2.45) is 0 Å². The van der Waals surface area contributed by atoms with Crippen molar-refractivity contribution in [3.8, 4) is 0 Å². The molecule has 3 heteroatoms. The summed E-state index contributed by atoms with van der Waals surface area (Å²) in [5.74, 6) is 0.697. The summed E-state index contributed by atoms with van der Waals surface area (Å²) in [4.78, 5) is 11.3. The largest absolute Gasteiger partial charge is 0.380 e. The number of aliphatic hydroxyl groups excluding tert-OH is 1. The molecule has 1 aromatic carbocycles. The molecule has 0 fully saturated rings. The summed E-state index contributed by atoms with van der Waals surface area (Å²) in [6, 6.07) is 8.97. The Morgan fingerprint density at radius 3 is 2.62 bits per heavy atom. The summed E-state index contributed by atoms with van der Waals surface area (Å²) in [6.07, 6.45) is -0.980. The molecule has 0 unspecified atom stereocenters. The first-order chi connectivity index (χ1) is 6.25. The van der Waals surface area contributed by atoms with Crippen LogP contribution in [-0.2, 0) is 4.79 Å². The molecule has 0 bridgehead atoms. The molecule has 1 atom stereocenters. The van der Waals surface area contributed by atoms with Gasteiger partial charge in [0.25, 0.3) is 0 Å². The minimum absolute atomic E-state index is 0.186. The fourth-order valence-corrected chi connectivity index (χ4v) is 1.57. The van der Waals surface area contributed by atoms with Gasteiger partial charge in [-0.3, -0.25) is 4.79 Å². The van der Waals surface area contributed by atoms with Gasteiger partial charge in [-0.05, 0) is 11.3 Å². The average molecular weight is 196 g/mol. The van der Waals surface area contributed by atoms with E-state index in [1.807, 2.05) is 25.1 Å². The van der Waals surface area contributed by atoms with Gasteiger partial charge in [-0.2, -0.15) is 0 Å². The number of aliphatic hydroxyl groups is 1. The Labute approximate surface area is 82.0 Å². The van der Waals surface area contributed by atoms with Gasteiger partial charge < -0.3 is 5.11 Å². The van der Waals surface area contributed by atoms with Gasteiger partial charge in [-0.15, -0.1) is 0 Å². The van der Waals surface area contributed by atoms with Crippen LogP contribution in [0.25, 0.3) is 0 Å². The predicted molar refractivity (Wildman–Crippen MR) is 54.5 cm³/mol. The molecular weight excluding hydrogens is 184 g/mol. The van der Waals surface area contributed by atoms with E-state index in [-0.39, 0.29) is 5.12 Å². The maximum absolute atomic E-state index is 11.3. The number of benzene rings is 1. The lowest BCUT2D eigenvalue weighted by Crippen LogP contribution is -2.07. The quantitative estimate of drug-likeness (QED) is 0.803. The van der Waals surface area contributed by atoms with Crippen LogP contribution >= 0.6 is 11.8 Å². The Morgan fingerprint density at radius 2 is 2.08 bits per heavy atom. The number of hydrogen-bond donors (Lipinski definition) is 1. The van der Waals surface area contributed by atoms with Crippen LogP contribution in [0.15, 0.2) is 30.3 Å². The van der Waals surface area contributed by atoms with E-state index >= 15 is 0 Å². The standard InChI is InChI=1S/C10H12O2S/c1-2-13-10(12)9(11)8-6-4-3-5-7-8/h3-7,9,11H,2H2,1H3/t9-/m1/s1. The Kier molecular flexibility index (Phi) is 3.99. The molecule has 0 amide bonds. The van der Waals surface area contributed by atoms with E-state index in [0.29, 0.717) is 11.3 Å². The van der Waals surface area contributed by atoms with Crippen molar-refractivity contribution >= 4 is 16.9 Å².